The predicted octanol–water partition coefficient (Wildman–Crippen LogP) is 3.85. The first-order valence-electron chi connectivity index (χ1n) is 10.1. The van der Waals surface area contributed by atoms with E-state index in [2.05, 4.69) is 19.1 Å². The number of aryl methyl sites for hydroxylation is 1. The Morgan fingerprint density at radius 2 is 1.89 bits per heavy atom. The van der Waals surface area contributed by atoms with Crippen LogP contribution in [-0.4, -0.2) is 36.4 Å². The second-order valence-corrected chi connectivity index (χ2v) is 7.71. The van der Waals surface area contributed by atoms with Crippen LogP contribution >= 0.6 is 0 Å². The Bertz CT molecular complexity index is 820. The minimum Gasteiger partial charge on any atom is -0.482 e. The zero-order chi connectivity index (χ0) is 19.5. The molecule has 4 rings (SSSR count). The number of carbonyl (C=O) groups excluding carboxylic acids is 1. The highest BCUT2D eigenvalue weighted by atomic mass is 16.5. The molecule has 0 unspecified atom stereocenters. The molecule has 0 bridgehead atoms. The van der Waals surface area contributed by atoms with Crippen LogP contribution in [0.15, 0.2) is 48.5 Å². The van der Waals surface area contributed by atoms with Crippen molar-refractivity contribution >= 4 is 17.3 Å². The quantitative estimate of drug-likeness (QED) is 0.826. The van der Waals surface area contributed by atoms with E-state index >= 15 is 0 Å². The van der Waals surface area contributed by atoms with Crippen molar-refractivity contribution in [3.63, 3.8) is 0 Å². The van der Waals surface area contributed by atoms with Gasteiger partial charge in [-0.25, -0.2) is 0 Å². The summed E-state index contributed by atoms with van der Waals surface area (Å²) in [7, 11) is 0. The topological polar surface area (TPSA) is 59.0 Å². The van der Waals surface area contributed by atoms with Crippen molar-refractivity contribution < 1.29 is 19.4 Å². The molecule has 0 saturated carbocycles. The number of rotatable bonds is 6. The first kappa shape index (κ1) is 19.0. The highest BCUT2D eigenvalue weighted by Crippen LogP contribution is 2.37. The van der Waals surface area contributed by atoms with Gasteiger partial charge in [-0.15, -0.1) is 0 Å². The smallest absolute Gasteiger partial charge is 0.269 e. The Balaban J connectivity index is 1.42. The lowest BCUT2D eigenvalue weighted by Gasteiger charge is -2.29. The molecule has 5 heteroatoms. The number of benzene rings is 2. The van der Waals surface area contributed by atoms with Gasteiger partial charge in [0.1, 0.15) is 5.75 Å². The molecule has 1 saturated heterocycles. The van der Waals surface area contributed by atoms with Crippen LogP contribution in [0.1, 0.15) is 31.7 Å². The SMILES string of the molecule is C[C@H]1C[C@@H](CCO)O[C@H]1CCc1ccc(N2C(=O)COc3ccccc32)cc1. The summed E-state index contributed by atoms with van der Waals surface area (Å²) in [5.41, 5.74) is 2.88. The second-order valence-electron chi connectivity index (χ2n) is 7.71. The lowest BCUT2D eigenvalue weighted by atomic mass is 9.96. The predicted molar refractivity (Wildman–Crippen MR) is 108 cm³/mol. The average Bonchev–Trinajstić information content (AvgIpc) is 3.06. The van der Waals surface area contributed by atoms with Crippen LogP contribution in [0.3, 0.4) is 0 Å². The van der Waals surface area contributed by atoms with E-state index in [9.17, 15) is 4.79 Å². The normalized spacial score (nSPS) is 24.1. The standard InChI is InChI=1S/C23H27NO4/c1-16-14-19(12-13-25)28-21(16)11-8-17-6-9-18(10-7-17)24-20-4-2-3-5-22(20)27-15-23(24)26/h2-7,9-10,16,19,21,25H,8,11-15H2,1H3/t16-,19+,21-/m0/s1. The van der Waals surface area contributed by atoms with E-state index in [4.69, 9.17) is 14.6 Å². The molecule has 0 spiro atoms. The first-order valence-corrected chi connectivity index (χ1v) is 10.1. The molecule has 0 aromatic heterocycles. The van der Waals surface area contributed by atoms with Gasteiger partial charge in [-0.05, 0) is 61.4 Å². The number of para-hydroxylation sites is 2. The molecule has 1 N–H and O–H groups in total. The number of anilines is 2. The summed E-state index contributed by atoms with van der Waals surface area (Å²) < 4.78 is 11.6. The Labute approximate surface area is 165 Å². The van der Waals surface area contributed by atoms with Crippen molar-refractivity contribution in [1.29, 1.82) is 0 Å². The molecule has 2 aliphatic rings. The maximum atomic E-state index is 12.4. The number of carbonyl (C=O) groups is 1. The minimum atomic E-state index is -0.0606. The zero-order valence-electron chi connectivity index (χ0n) is 16.2. The highest BCUT2D eigenvalue weighted by Gasteiger charge is 2.31. The number of hydrogen-bond donors (Lipinski definition) is 1. The first-order chi connectivity index (χ1) is 13.7. The largest absolute Gasteiger partial charge is 0.482 e. The van der Waals surface area contributed by atoms with Gasteiger partial charge in [-0.1, -0.05) is 31.2 Å². The van der Waals surface area contributed by atoms with Gasteiger partial charge in [0.25, 0.3) is 5.91 Å². The molecule has 148 valence electrons. The minimum absolute atomic E-state index is 0.0602. The molecular weight excluding hydrogens is 354 g/mol. The summed E-state index contributed by atoms with van der Waals surface area (Å²) in [5, 5.41) is 9.10. The van der Waals surface area contributed by atoms with Gasteiger partial charge in [-0.3, -0.25) is 9.69 Å². The molecule has 3 atom stereocenters. The van der Waals surface area contributed by atoms with Crippen LogP contribution in [0.4, 0.5) is 11.4 Å². The van der Waals surface area contributed by atoms with E-state index in [-0.39, 0.29) is 31.3 Å². The maximum absolute atomic E-state index is 12.4. The van der Waals surface area contributed by atoms with E-state index in [0.717, 1.165) is 42.8 Å². The molecule has 1 fully saturated rings. The summed E-state index contributed by atoms with van der Waals surface area (Å²) in [4.78, 5) is 14.2. The number of amides is 1. The van der Waals surface area contributed by atoms with Gasteiger partial charge in [0.05, 0.1) is 17.9 Å². The number of nitrogens with zero attached hydrogens (tertiary/aromatic N) is 1. The van der Waals surface area contributed by atoms with Crippen LogP contribution in [0.2, 0.25) is 0 Å². The molecule has 28 heavy (non-hydrogen) atoms. The fourth-order valence-electron chi connectivity index (χ4n) is 4.19. The summed E-state index contributed by atoms with van der Waals surface area (Å²) >= 11 is 0. The Hall–Kier alpha value is -2.37. The Kier molecular flexibility index (Phi) is 5.64. The van der Waals surface area contributed by atoms with Crippen molar-refractivity contribution in [2.24, 2.45) is 5.92 Å². The van der Waals surface area contributed by atoms with Gasteiger partial charge in [-0.2, -0.15) is 0 Å². The summed E-state index contributed by atoms with van der Waals surface area (Å²) in [5.74, 6) is 1.20. The van der Waals surface area contributed by atoms with E-state index in [1.165, 1.54) is 5.56 Å². The molecule has 2 heterocycles. The van der Waals surface area contributed by atoms with Crippen LogP contribution in [0, 0.1) is 5.92 Å². The fourth-order valence-corrected chi connectivity index (χ4v) is 4.19. The van der Waals surface area contributed by atoms with Gasteiger partial charge >= 0.3 is 0 Å². The van der Waals surface area contributed by atoms with Gasteiger partial charge in [0.2, 0.25) is 0 Å². The summed E-state index contributed by atoms with van der Waals surface area (Å²) in [6, 6.07) is 15.8. The van der Waals surface area contributed by atoms with E-state index < -0.39 is 0 Å². The molecule has 2 aromatic carbocycles. The Morgan fingerprint density at radius 1 is 1.11 bits per heavy atom. The number of fused-ring (bicyclic) bond motifs is 1. The van der Waals surface area contributed by atoms with Crippen molar-refractivity contribution in [3.05, 3.63) is 54.1 Å². The molecule has 1 amide bonds. The van der Waals surface area contributed by atoms with Crippen molar-refractivity contribution in [2.75, 3.05) is 18.1 Å². The Morgan fingerprint density at radius 3 is 2.68 bits per heavy atom. The van der Waals surface area contributed by atoms with E-state index in [1.54, 1.807) is 4.90 Å². The lowest BCUT2D eigenvalue weighted by molar-refractivity contribution is -0.120. The fraction of sp³-hybridized carbons (Fsp3) is 0.435. The molecule has 2 aromatic rings. The van der Waals surface area contributed by atoms with Gasteiger partial charge in [0.15, 0.2) is 6.61 Å². The van der Waals surface area contributed by atoms with E-state index in [1.807, 2.05) is 36.4 Å². The van der Waals surface area contributed by atoms with Crippen LogP contribution in [-0.2, 0) is 16.0 Å². The van der Waals surface area contributed by atoms with Crippen LogP contribution in [0.25, 0.3) is 0 Å². The molecule has 0 aliphatic carbocycles. The number of hydrogen-bond acceptors (Lipinski definition) is 4. The number of aliphatic hydroxyl groups is 1. The third kappa shape index (κ3) is 3.91. The number of ether oxygens (including phenoxy) is 2. The monoisotopic (exact) mass is 381 g/mol. The van der Waals surface area contributed by atoms with E-state index in [0.29, 0.717) is 5.92 Å². The number of aliphatic hydroxyl groups excluding tert-OH is 1. The van der Waals surface area contributed by atoms with Crippen LogP contribution in [0.5, 0.6) is 5.75 Å². The molecular formula is C23H27NO4. The summed E-state index contributed by atoms with van der Waals surface area (Å²) in [6.07, 6.45) is 4.12. The van der Waals surface area contributed by atoms with Crippen molar-refractivity contribution in [2.45, 2.75) is 44.8 Å². The zero-order valence-corrected chi connectivity index (χ0v) is 16.2. The molecule has 5 nitrogen and oxygen atoms in total. The highest BCUT2D eigenvalue weighted by molar-refractivity contribution is 6.04. The molecule has 2 aliphatic heterocycles. The molecule has 0 radical (unpaired) electrons. The lowest BCUT2D eigenvalue weighted by Crippen LogP contribution is -2.35. The van der Waals surface area contributed by atoms with Crippen molar-refractivity contribution in [1.82, 2.24) is 0 Å². The third-order valence-corrected chi connectivity index (χ3v) is 5.71. The van der Waals surface area contributed by atoms with Gasteiger partial charge in [0, 0.05) is 12.3 Å². The summed E-state index contributed by atoms with van der Waals surface area (Å²) in [6.45, 7) is 2.48. The average molecular weight is 381 g/mol. The maximum Gasteiger partial charge on any atom is 0.269 e. The third-order valence-electron chi connectivity index (χ3n) is 5.71. The van der Waals surface area contributed by atoms with Crippen molar-refractivity contribution in [3.8, 4) is 5.75 Å². The van der Waals surface area contributed by atoms with Gasteiger partial charge < -0.3 is 14.6 Å². The second kappa shape index (κ2) is 8.33. The van der Waals surface area contributed by atoms with Crippen LogP contribution < -0.4 is 9.64 Å².